The molecule has 0 bridgehead atoms. The van der Waals surface area contributed by atoms with E-state index in [2.05, 4.69) is 18.2 Å². The van der Waals surface area contributed by atoms with Gasteiger partial charge in [0.15, 0.2) is 11.7 Å². The van der Waals surface area contributed by atoms with Crippen LogP contribution < -0.4 is 9.64 Å². The third-order valence-electron chi connectivity index (χ3n) is 5.45. The number of ether oxygens (including phenoxy) is 1. The SMILES string of the molecule is Cc1ccc(-c2csc(N(C(=O)COc3ccc(CC#N)cc3)c3cc(C)ccc3C)n2)cc1. The first-order valence-electron chi connectivity index (χ1n) is 11.0. The first-order chi connectivity index (χ1) is 16.4. The maximum atomic E-state index is 13.5. The van der Waals surface area contributed by atoms with Gasteiger partial charge in [0.05, 0.1) is 23.9 Å². The van der Waals surface area contributed by atoms with E-state index in [-0.39, 0.29) is 12.5 Å². The summed E-state index contributed by atoms with van der Waals surface area (Å²) in [7, 11) is 0. The van der Waals surface area contributed by atoms with Gasteiger partial charge in [-0.2, -0.15) is 5.26 Å². The number of anilines is 2. The molecular formula is C28H25N3O2S. The van der Waals surface area contributed by atoms with Crippen molar-refractivity contribution in [2.24, 2.45) is 0 Å². The van der Waals surface area contributed by atoms with E-state index < -0.39 is 0 Å². The van der Waals surface area contributed by atoms with Crippen LogP contribution in [0.3, 0.4) is 0 Å². The molecule has 0 radical (unpaired) electrons. The van der Waals surface area contributed by atoms with Crippen molar-refractivity contribution in [2.75, 3.05) is 11.5 Å². The first-order valence-corrected chi connectivity index (χ1v) is 11.8. The highest BCUT2D eigenvalue weighted by Gasteiger charge is 2.24. The van der Waals surface area contributed by atoms with E-state index >= 15 is 0 Å². The lowest BCUT2D eigenvalue weighted by Gasteiger charge is -2.22. The monoisotopic (exact) mass is 467 g/mol. The van der Waals surface area contributed by atoms with Gasteiger partial charge in [0.1, 0.15) is 5.75 Å². The lowest BCUT2D eigenvalue weighted by atomic mass is 10.1. The Balaban J connectivity index is 1.62. The molecule has 0 unspecified atom stereocenters. The highest BCUT2D eigenvalue weighted by atomic mass is 32.1. The van der Waals surface area contributed by atoms with E-state index in [1.807, 2.05) is 68.6 Å². The van der Waals surface area contributed by atoms with Crippen molar-refractivity contribution in [3.8, 4) is 23.1 Å². The predicted molar refractivity (Wildman–Crippen MR) is 137 cm³/mol. The smallest absolute Gasteiger partial charge is 0.271 e. The second-order valence-electron chi connectivity index (χ2n) is 8.17. The zero-order valence-electron chi connectivity index (χ0n) is 19.4. The molecule has 34 heavy (non-hydrogen) atoms. The van der Waals surface area contributed by atoms with E-state index in [9.17, 15) is 4.79 Å². The van der Waals surface area contributed by atoms with E-state index in [0.29, 0.717) is 17.3 Å². The molecule has 0 aliphatic carbocycles. The Labute approximate surface area is 203 Å². The number of nitrogens with zero attached hydrogens (tertiary/aromatic N) is 3. The molecule has 1 aromatic heterocycles. The van der Waals surface area contributed by atoms with E-state index in [1.54, 1.807) is 17.0 Å². The number of aromatic nitrogens is 1. The topological polar surface area (TPSA) is 66.2 Å². The quantitative estimate of drug-likeness (QED) is 0.309. The van der Waals surface area contributed by atoms with Gasteiger partial charge in [-0.15, -0.1) is 11.3 Å². The largest absolute Gasteiger partial charge is 0.484 e. The molecule has 0 atom stereocenters. The van der Waals surface area contributed by atoms with Gasteiger partial charge in [-0.1, -0.05) is 54.1 Å². The van der Waals surface area contributed by atoms with Crippen molar-refractivity contribution in [3.63, 3.8) is 0 Å². The fourth-order valence-corrected chi connectivity index (χ4v) is 4.40. The molecule has 6 heteroatoms. The number of amides is 1. The summed E-state index contributed by atoms with van der Waals surface area (Å²) in [5.74, 6) is 0.370. The number of carbonyl (C=O) groups excluding carboxylic acids is 1. The lowest BCUT2D eigenvalue weighted by molar-refractivity contribution is -0.119. The van der Waals surface area contributed by atoms with Gasteiger partial charge in [-0.05, 0) is 55.7 Å². The normalized spacial score (nSPS) is 10.5. The van der Waals surface area contributed by atoms with Crippen molar-refractivity contribution in [1.82, 2.24) is 4.98 Å². The predicted octanol–water partition coefficient (Wildman–Crippen LogP) is 6.55. The third kappa shape index (κ3) is 5.33. The number of benzene rings is 3. The zero-order chi connectivity index (χ0) is 24.1. The number of carbonyl (C=O) groups is 1. The van der Waals surface area contributed by atoms with Crippen LogP contribution in [0.25, 0.3) is 11.3 Å². The molecule has 5 nitrogen and oxygen atoms in total. The second-order valence-corrected chi connectivity index (χ2v) is 9.00. The summed E-state index contributed by atoms with van der Waals surface area (Å²) in [6, 6.07) is 23.6. The average Bonchev–Trinajstić information content (AvgIpc) is 3.31. The van der Waals surface area contributed by atoms with E-state index in [4.69, 9.17) is 15.0 Å². The van der Waals surface area contributed by atoms with Crippen LogP contribution >= 0.6 is 11.3 Å². The van der Waals surface area contributed by atoms with Gasteiger partial charge in [0.2, 0.25) is 0 Å². The summed E-state index contributed by atoms with van der Waals surface area (Å²) >= 11 is 1.43. The number of nitriles is 1. The fourth-order valence-electron chi connectivity index (χ4n) is 3.53. The molecule has 0 aliphatic heterocycles. The van der Waals surface area contributed by atoms with Crippen LogP contribution in [0.4, 0.5) is 10.8 Å². The highest BCUT2D eigenvalue weighted by molar-refractivity contribution is 7.14. The molecule has 1 amide bonds. The summed E-state index contributed by atoms with van der Waals surface area (Å²) in [6.45, 7) is 5.90. The van der Waals surface area contributed by atoms with Gasteiger partial charge in [0.25, 0.3) is 5.91 Å². The van der Waals surface area contributed by atoms with Crippen LogP contribution in [-0.2, 0) is 11.2 Å². The molecule has 0 spiro atoms. The number of hydrogen-bond acceptors (Lipinski definition) is 5. The van der Waals surface area contributed by atoms with Crippen LogP contribution in [0.15, 0.2) is 72.1 Å². The molecule has 0 saturated carbocycles. The third-order valence-corrected chi connectivity index (χ3v) is 6.28. The number of thiazole rings is 1. The number of aryl methyl sites for hydroxylation is 3. The lowest BCUT2D eigenvalue weighted by Crippen LogP contribution is -2.31. The molecule has 0 fully saturated rings. The van der Waals surface area contributed by atoms with Crippen LogP contribution in [0, 0.1) is 32.1 Å². The molecule has 1 heterocycles. The summed E-state index contributed by atoms with van der Waals surface area (Å²) in [5.41, 5.74) is 6.76. The minimum Gasteiger partial charge on any atom is -0.484 e. The molecular weight excluding hydrogens is 442 g/mol. The Bertz CT molecular complexity index is 1340. The Morgan fingerprint density at radius 3 is 2.41 bits per heavy atom. The van der Waals surface area contributed by atoms with Crippen molar-refractivity contribution in [3.05, 3.63) is 94.4 Å². The Morgan fingerprint density at radius 2 is 1.71 bits per heavy atom. The molecule has 4 rings (SSSR count). The molecule has 0 aliphatic rings. The summed E-state index contributed by atoms with van der Waals surface area (Å²) in [6.07, 6.45) is 0.340. The van der Waals surface area contributed by atoms with Crippen molar-refractivity contribution < 1.29 is 9.53 Å². The number of rotatable bonds is 7. The van der Waals surface area contributed by atoms with Crippen LogP contribution in [0.2, 0.25) is 0 Å². The Hall–Kier alpha value is -3.95. The molecule has 0 N–H and O–H groups in total. The van der Waals surface area contributed by atoms with Crippen LogP contribution in [0.5, 0.6) is 5.75 Å². The zero-order valence-corrected chi connectivity index (χ0v) is 20.2. The molecule has 4 aromatic rings. The van der Waals surface area contributed by atoms with Gasteiger partial charge in [-0.25, -0.2) is 4.98 Å². The molecule has 170 valence electrons. The number of hydrogen-bond donors (Lipinski definition) is 0. The maximum absolute atomic E-state index is 13.5. The second kappa shape index (κ2) is 10.3. The Morgan fingerprint density at radius 1 is 1.00 bits per heavy atom. The first kappa shape index (κ1) is 23.2. The average molecular weight is 468 g/mol. The van der Waals surface area contributed by atoms with Gasteiger partial charge in [0, 0.05) is 10.9 Å². The summed E-state index contributed by atoms with van der Waals surface area (Å²) in [4.78, 5) is 19.9. The van der Waals surface area contributed by atoms with Crippen LogP contribution in [0.1, 0.15) is 22.3 Å². The fraction of sp³-hybridized carbons (Fsp3) is 0.179. The highest BCUT2D eigenvalue weighted by Crippen LogP contribution is 2.34. The minimum absolute atomic E-state index is 0.135. The van der Waals surface area contributed by atoms with Gasteiger partial charge < -0.3 is 4.74 Å². The summed E-state index contributed by atoms with van der Waals surface area (Å²) in [5, 5.41) is 11.4. The van der Waals surface area contributed by atoms with E-state index in [1.165, 1.54) is 16.9 Å². The Kier molecular flexibility index (Phi) is 7.05. The van der Waals surface area contributed by atoms with Gasteiger partial charge in [-0.3, -0.25) is 9.69 Å². The minimum atomic E-state index is -0.209. The molecule has 3 aromatic carbocycles. The van der Waals surface area contributed by atoms with Crippen molar-refractivity contribution in [2.45, 2.75) is 27.2 Å². The van der Waals surface area contributed by atoms with Crippen molar-refractivity contribution >= 4 is 28.1 Å². The standard InChI is InChI=1S/C28H25N3O2S/c1-19-5-10-23(11-6-19)25-18-34-28(30-25)31(26-16-20(2)4-7-21(26)3)27(32)17-33-24-12-8-22(9-13-24)14-15-29/h4-13,16,18H,14,17H2,1-3H3. The molecule has 0 saturated heterocycles. The van der Waals surface area contributed by atoms with E-state index in [0.717, 1.165) is 33.6 Å². The summed E-state index contributed by atoms with van der Waals surface area (Å²) < 4.78 is 5.80. The van der Waals surface area contributed by atoms with Crippen molar-refractivity contribution in [1.29, 1.82) is 5.26 Å². The van der Waals surface area contributed by atoms with Crippen LogP contribution in [-0.4, -0.2) is 17.5 Å². The van der Waals surface area contributed by atoms with Gasteiger partial charge >= 0.3 is 0 Å². The maximum Gasteiger partial charge on any atom is 0.271 e.